The third-order valence-electron chi connectivity index (χ3n) is 6.14. The Morgan fingerprint density at radius 1 is 1.35 bits per heavy atom. The molecular weight excluding hydrogens is 329 g/mol. The second-order valence-electron chi connectivity index (χ2n) is 7.73. The van der Waals surface area contributed by atoms with Crippen LogP contribution in [-0.4, -0.2) is 31.9 Å². The van der Waals surface area contributed by atoms with Crippen LogP contribution in [0.15, 0.2) is 43.1 Å². The minimum absolute atomic E-state index is 0.282. The van der Waals surface area contributed by atoms with Gasteiger partial charge in [-0.25, -0.2) is 4.39 Å². The molecule has 0 amide bonds. The molecule has 2 aromatic rings. The summed E-state index contributed by atoms with van der Waals surface area (Å²) in [6.45, 7) is 7.46. The van der Waals surface area contributed by atoms with Gasteiger partial charge in [0.05, 0.1) is 18.3 Å². The van der Waals surface area contributed by atoms with Gasteiger partial charge in [-0.1, -0.05) is 18.2 Å². The van der Waals surface area contributed by atoms with Gasteiger partial charge in [-0.3, -0.25) is 9.58 Å². The first-order valence-electron chi connectivity index (χ1n) is 9.36. The summed E-state index contributed by atoms with van der Waals surface area (Å²) in [6, 6.07) is 7.10. The second-order valence-corrected chi connectivity index (χ2v) is 7.73. The number of hydrogen-bond donors (Lipinski definition) is 1. The number of aromatic nitrogens is 2. The highest BCUT2D eigenvalue weighted by molar-refractivity contribution is 5.26. The minimum Gasteiger partial charge on any atom is -0.385 e. The molecule has 0 radical (unpaired) electrons. The van der Waals surface area contributed by atoms with Crippen molar-refractivity contribution in [1.29, 1.82) is 0 Å². The van der Waals surface area contributed by atoms with Crippen LogP contribution in [0.5, 0.6) is 0 Å². The van der Waals surface area contributed by atoms with Crippen LogP contribution < -0.4 is 0 Å². The maximum atomic E-state index is 13.6. The zero-order chi connectivity index (χ0) is 18.3. The summed E-state index contributed by atoms with van der Waals surface area (Å²) in [5.41, 5.74) is 2.20. The van der Waals surface area contributed by atoms with Gasteiger partial charge < -0.3 is 5.11 Å². The Labute approximate surface area is 153 Å². The molecule has 4 rings (SSSR count). The van der Waals surface area contributed by atoms with E-state index in [1.807, 2.05) is 23.0 Å². The average molecular weight is 355 g/mol. The van der Waals surface area contributed by atoms with E-state index in [2.05, 4.69) is 23.5 Å². The zero-order valence-electron chi connectivity index (χ0n) is 15.2. The topological polar surface area (TPSA) is 41.3 Å². The van der Waals surface area contributed by atoms with E-state index >= 15 is 0 Å². The molecular formula is C21H26FN3O. The monoisotopic (exact) mass is 355 g/mol. The molecule has 0 spiro atoms. The molecule has 2 aliphatic rings. The molecule has 5 heteroatoms. The lowest BCUT2D eigenvalue weighted by atomic mass is 9.80. The van der Waals surface area contributed by atoms with Crippen molar-refractivity contribution in [3.63, 3.8) is 0 Å². The Hall–Kier alpha value is -1.98. The molecule has 0 saturated carbocycles. The Bertz CT molecular complexity index is 801. The molecule has 2 bridgehead atoms. The summed E-state index contributed by atoms with van der Waals surface area (Å²) in [6.07, 6.45) is 7.29. The quantitative estimate of drug-likeness (QED) is 0.834. The van der Waals surface area contributed by atoms with Crippen molar-refractivity contribution in [3.05, 3.63) is 65.8 Å². The molecule has 1 aromatic carbocycles. The van der Waals surface area contributed by atoms with Crippen molar-refractivity contribution in [1.82, 2.24) is 14.7 Å². The van der Waals surface area contributed by atoms with Crippen LogP contribution in [-0.2, 0) is 18.7 Å². The summed E-state index contributed by atoms with van der Waals surface area (Å²) < 4.78 is 15.6. The van der Waals surface area contributed by atoms with E-state index in [4.69, 9.17) is 0 Å². The van der Waals surface area contributed by atoms with Gasteiger partial charge in [0.1, 0.15) is 5.82 Å². The predicted molar refractivity (Wildman–Crippen MR) is 99.0 cm³/mol. The lowest BCUT2D eigenvalue weighted by molar-refractivity contribution is -0.0597. The SMILES string of the molecule is C=CCn1ncc(CN2[C@@H]3CC[C@H]2CC(O)(c2cccc(F)c2)C3)c1C. The van der Waals surface area contributed by atoms with Gasteiger partial charge in [0.2, 0.25) is 0 Å². The fourth-order valence-corrected chi connectivity index (χ4v) is 4.73. The third kappa shape index (κ3) is 2.99. The maximum Gasteiger partial charge on any atom is 0.123 e. The highest BCUT2D eigenvalue weighted by Gasteiger charge is 2.48. The van der Waals surface area contributed by atoms with Crippen LogP contribution in [0.2, 0.25) is 0 Å². The summed E-state index contributed by atoms with van der Waals surface area (Å²) in [4.78, 5) is 2.51. The molecule has 0 aliphatic carbocycles. The molecule has 1 N–H and O–H groups in total. The van der Waals surface area contributed by atoms with Gasteiger partial charge in [-0.2, -0.15) is 5.10 Å². The molecule has 2 saturated heterocycles. The van der Waals surface area contributed by atoms with Crippen molar-refractivity contribution in [2.75, 3.05) is 0 Å². The number of rotatable bonds is 5. The van der Waals surface area contributed by atoms with Crippen molar-refractivity contribution < 1.29 is 9.50 Å². The summed E-state index contributed by atoms with van der Waals surface area (Å²) >= 11 is 0. The minimum atomic E-state index is -0.924. The highest BCUT2D eigenvalue weighted by atomic mass is 19.1. The molecule has 3 heterocycles. The second kappa shape index (κ2) is 6.63. The van der Waals surface area contributed by atoms with Gasteiger partial charge in [-0.15, -0.1) is 6.58 Å². The largest absolute Gasteiger partial charge is 0.385 e. The third-order valence-corrected chi connectivity index (χ3v) is 6.14. The van der Waals surface area contributed by atoms with Crippen LogP contribution in [0.25, 0.3) is 0 Å². The van der Waals surface area contributed by atoms with E-state index in [1.165, 1.54) is 23.4 Å². The standard InChI is InChI=1S/C21H26FN3O/c1-3-9-25-15(2)16(13-23-25)14-24-19-7-8-20(24)12-21(26,11-19)17-5-4-6-18(22)10-17/h3-6,10,13,19-20,26H,1,7-9,11-12,14H2,2H3/t19-,20+,21?. The lowest BCUT2D eigenvalue weighted by Gasteiger charge is -2.44. The molecule has 2 fully saturated rings. The van der Waals surface area contributed by atoms with Crippen molar-refractivity contribution in [2.45, 2.75) is 63.4 Å². The molecule has 138 valence electrons. The number of aliphatic hydroxyl groups is 1. The fourth-order valence-electron chi connectivity index (χ4n) is 4.73. The van der Waals surface area contributed by atoms with Crippen molar-refractivity contribution in [3.8, 4) is 0 Å². The zero-order valence-corrected chi connectivity index (χ0v) is 15.2. The molecule has 4 nitrogen and oxygen atoms in total. The Morgan fingerprint density at radius 2 is 2.08 bits per heavy atom. The Morgan fingerprint density at radius 3 is 2.73 bits per heavy atom. The van der Waals surface area contributed by atoms with Crippen LogP contribution in [0.1, 0.15) is 42.5 Å². The smallest absolute Gasteiger partial charge is 0.123 e. The molecule has 3 atom stereocenters. The number of fused-ring (bicyclic) bond motifs is 2. The van der Waals surface area contributed by atoms with Gasteiger partial charge in [0, 0.05) is 29.9 Å². The number of piperidine rings is 1. The molecule has 26 heavy (non-hydrogen) atoms. The summed E-state index contributed by atoms with van der Waals surface area (Å²) in [7, 11) is 0. The van der Waals surface area contributed by atoms with E-state index in [0.29, 0.717) is 30.5 Å². The van der Waals surface area contributed by atoms with Crippen molar-refractivity contribution in [2.24, 2.45) is 0 Å². The number of hydrogen-bond acceptors (Lipinski definition) is 3. The highest BCUT2D eigenvalue weighted by Crippen LogP contribution is 2.46. The van der Waals surface area contributed by atoms with E-state index in [0.717, 1.165) is 25.9 Å². The van der Waals surface area contributed by atoms with Gasteiger partial charge in [-0.05, 0) is 50.3 Å². The number of benzene rings is 1. The van der Waals surface area contributed by atoms with Gasteiger partial charge in [0.15, 0.2) is 0 Å². The van der Waals surface area contributed by atoms with Crippen LogP contribution in [0.4, 0.5) is 4.39 Å². The van der Waals surface area contributed by atoms with E-state index in [1.54, 1.807) is 6.07 Å². The summed E-state index contributed by atoms with van der Waals surface area (Å²) in [5, 5.41) is 15.7. The van der Waals surface area contributed by atoms with E-state index in [9.17, 15) is 9.50 Å². The molecule has 1 unspecified atom stereocenters. The van der Waals surface area contributed by atoms with Crippen LogP contribution in [0, 0.1) is 12.7 Å². The van der Waals surface area contributed by atoms with Crippen molar-refractivity contribution >= 4 is 0 Å². The van der Waals surface area contributed by atoms with Crippen LogP contribution in [0.3, 0.4) is 0 Å². The molecule has 2 aliphatic heterocycles. The van der Waals surface area contributed by atoms with Crippen LogP contribution >= 0.6 is 0 Å². The van der Waals surface area contributed by atoms with Gasteiger partial charge in [0.25, 0.3) is 0 Å². The fraction of sp³-hybridized carbons (Fsp3) is 0.476. The normalized spacial score (nSPS) is 28.4. The summed E-state index contributed by atoms with van der Waals surface area (Å²) in [5.74, 6) is -0.282. The number of halogens is 1. The van der Waals surface area contributed by atoms with E-state index < -0.39 is 5.60 Å². The predicted octanol–water partition coefficient (Wildman–Crippen LogP) is 3.53. The van der Waals surface area contributed by atoms with E-state index in [-0.39, 0.29) is 5.82 Å². The molecule has 1 aromatic heterocycles. The Kier molecular flexibility index (Phi) is 4.45. The van der Waals surface area contributed by atoms with Gasteiger partial charge >= 0.3 is 0 Å². The lowest BCUT2D eigenvalue weighted by Crippen LogP contribution is -2.49. The number of nitrogens with zero attached hydrogens (tertiary/aromatic N) is 3. The first-order chi connectivity index (χ1) is 12.5. The number of allylic oxidation sites excluding steroid dienone is 1. The first kappa shape index (κ1) is 17.4. The maximum absolute atomic E-state index is 13.6. The first-order valence-corrected chi connectivity index (χ1v) is 9.36. The average Bonchev–Trinajstić information content (AvgIpc) is 3.07. The Balaban J connectivity index is 1.53.